The van der Waals surface area contributed by atoms with Crippen molar-refractivity contribution in [3.63, 3.8) is 0 Å². The van der Waals surface area contributed by atoms with E-state index in [0.717, 1.165) is 43.5 Å². The van der Waals surface area contributed by atoms with Crippen LogP contribution in [0.4, 0.5) is 10.1 Å². The highest BCUT2D eigenvalue weighted by Crippen LogP contribution is 2.28. The van der Waals surface area contributed by atoms with E-state index in [1.807, 2.05) is 18.2 Å². The Morgan fingerprint density at radius 2 is 1.58 bits per heavy atom. The Hall–Kier alpha value is -2.39. The molecule has 0 spiro atoms. The number of nitrogens with zero attached hydrogens (tertiary/aromatic N) is 2. The van der Waals surface area contributed by atoms with E-state index in [2.05, 4.69) is 46.2 Å². The van der Waals surface area contributed by atoms with E-state index in [0.29, 0.717) is 0 Å². The third-order valence-electron chi connectivity index (χ3n) is 4.78. The number of halogens is 1. The second kappa shape index (κ2) is 6.62. The molecule has 1 aliphatic heterocycles. The fourth-order valence-corrected chi connectivity index (χ4v) is 3.50. The molecule has 0 bridgehead atoms. The van der Waals surface area contributed by atoms with Gasteiger partial charge in [-0.3, -0.25) is 4.90 Å². The lowest BCUT2D eigenvalue weighted by Gasteiger charge is -2.36. The SMILES string of the molecule is Fc1ccc2c(N3CCN(Cc4ccccc4)CC3)cccc2c1. The third kappa shape index (κ3) is 3.13. The van der Waals surface area contributed by atoms with E-state index in [1.165, 1.54) is 11.3 Å². The number of rotatable bonds is 3. The van der Waals surface area contributed by atoms with Gasteiger partial charge < -0.3 is 4.90 Å². The zero-order valence-electron chi connectivity index (χ0n) is 13.7. The molecule has 0 atom stereocenters. The molecule has 2 nitrogen and oxygen atoms in total. The number of fused-ring (bicyclic) bond motifs is 1. The normalized spacial score (nSPS) is 15.8. The molecule has 0 aliphatic carbocycles. The highest BCUT2D eigenvalue weighted by Gasteiger charge is 2.18. The van der Waals surface area contributed by atoms with Crippen LogP contribution < -0.4 is 4.90 Å². The van der Waals surface area contributed by atoms with Crippen LogP contribution >= 0.6 is 0 Å². The summed E-state index contributed by atoms with van der Waals surface area (Å²) in [4.78, 5) is 4.92. The van der Waals surface area contributed by atoms with Crippen LogP contribution in [0.3, 0.4) is 0 Å². The van der Waals surface area contributed by atoms with Gasteiger partial charge in [0.15, 0.2) is 0 Å². The average molecular weight is 320 g/mol. The van der Waals surface area contributed by atoms with Crippen molar-refractivity contribution in [1.29, 1.82) is 0 Å². The van der Waals surface area contributed by atoms with E-state index < -0.39 is 0 Å². The van der Waals surface area contributed by atoms with Crippen LogP contribution in [0.2, 0.25) is 0 Å². The number of benzene rings is 3. The van der Waals surface area contributed by atoms with Crippen LogP contribution in [-0.2, 0) is 6.54 Å². The van der Waals surface area contributed by atoms with Crippen molar-refractivity contribution >= 4 is 16.5 Å². The smallest absolute Gasteiger partial charge is 0.123 e. The first kappa shape index (κ1) is 15.2. The van der Waals surface area contributed by atoms with Gasteiger partial charge in [-0.15, -0.1) is 0 Å². The highest BCUT2D eigenvalue weighted by molar-refractivity contribution is 5.94. The van der Waals surface area contributed by atoms with Gasteiger partial charge in [-0.1, -0.05) is 42.5 Å². The third-order valence-corrected chi connectivity index (χ3v) is 4.78. The molecule has 4 rings (SSSR count). The standard InChI is InChI=1S/C21H21FN2/c22-19-9-10-20-18(15-19)7-4-8-21(20)24-13-11-23(12-14-24)16-17-5-2-1-3-6-17/h1-10,15H,11-14,16H2. The summed E-state index contributed by atoms with van der Waals surface area (Å²) < 4.78 is 13.4. The van der Waals surface area contributed by atoms with Crippen molar-refractivity contribution in [3.05, 3.63) is 78.1 Å². The Balaban J connectivity index is 1.48. The first-order valence-corrected chi connectivity index (χ1v) is 8.49. The lowest BCUT2D eigenvalue weighted by atomic mass is 10.1. The molecule has 1 saturated heterocycles. The summed E-state index contributed by atoms with van der Waals surface area (Å²) in [6.07, 6.45) is 0. The molecule has 24 heavy (non-hydrogen) atoms. The lowest BCUT2D eigenvalue weighted by molar-refractivity contribution is 0.250. The van der Waals surface area contributed by atoms with E-state index in [9.17, 15) is 4.39 Å². The van der Waals surface area contributed by atoms with Gasteiger partial charge in [0.1, 0.15) is 5.82 Å². The highest BCUT2D eigenvalue weighted by atomic mass is 19.1. The number of hydrogen-bond acceptors (Lipinski definition) is 2. The fraction of sp³-hybridized carbons (Fsp3) is 0.238. The van der Waals surface area contributed by atoms with Crippen molar-refractivity contribution in [2.75, 3.05) is 31.1 Å². The van der Waals surface area contributed by atoms with Crippen molar-refractivity contribution in [2.24, 2.45) is 0 Å². The van der Waals surface area contributed by atoms with E-state index in [4.69, 9.17) is 0 Å². The molecular weight excluding hydrogens is 299 g/mol. The second-order valence-electron chi connectivity index (χ2n) is 6.39. The molecule has 1 fully saturated rings. The van der Waals surface area contributed by atoms with Gasteiger partial charge in [-0.25, -0.2) is 4.39 Å². The Labute approximate surface area is 142 Å². The average Bonchev–Trinajstić information content (AvgIpc) is 2.62. The van der Waals surface area contributed by atoms with E-state index in [-0.39, 0.29) is 5.82 Å². The summed E-state index contributed by atoms with van der Waals surface area (Å²) >= 11 is 0. The second-order valence-corrected chi connectivity index (χ2v) is 6.39. The van der Waals surface area contributed by atoms with Gasteiger partial charge in [0, 0.05) is 43.8 Å². The topological polar surface area (TPSA) is 6.48 Å². The molecule has 3 heteroatoms. The van der Waals surface area contributed by atoms with E-state index >= 15 is 0 Å². The summed E-state index contributed by atoms with van der Waals surface area (Å²) in [5.41, 5.74) is 2.58. The Morgan fingerprint density at radius 3 is 2.38 bits per heavy atom. The maximum absolute atomic E-state index is 13.4. The minimum Gasteiger partial charge on any atom is -0.368 e. The Bertz CT molecular complexity index is 824. The maximum Gasteiger partial charge on any atom is 0.123 e. The largest absolute Gasteiger partial charge is 0.368 e. The predicted octanol–water partition coefficient (Wildman–Crippen LogP) is 4.30. The lowest BCUT2D eigenvalue weighted by Crippen LogP contribution is -2.46. The zero-order valence-corrected chi connectivity index (χ0v) is 13.7. The number of anilines is 1. The summed E-state index contributed by atoms with van der Waals surface area (Å²) in [5.74, 6) is -0.174. The minimum absolute atomic E-state index is 0.174. The number of piperazine rings is 1. The summed E-state index contributed by atoms with van der Waals surface area (Å²) in [7, 11) is 0. The quantitative estimate of drug-likeness (QED) is 0.710. The molecule has 3 aromatic rings. The van der Waals surface area contributed by atoms with Crippen molar-refractivity contribution < 1.29 is 4.39 Å². The maximum atomic E-state index is 13.4. The molecule has 122 valence electrons. The molecular formula is C21H21FN2. The molecule has 0 radical (unpaired) electrons. The van der Waals surface area contributed by atoms with Crippen LogP contribution in [-0.4, -0.2) is 31.1 Å². The van der Waals surface area contributed by atoms with Crippen molar-refractivity contribution in [3.8, 4) is 0 Å². The first-order valence-electron chi connectivity index (χ1n) is 8.49. The monoisotopic (exact) mass is 320 g/mol. The minimum atomic E-state index is -0.174. The summed E-state index contributed by atoms with van der Waals surface area (Å²) in [6, 6.07) is 21.8. The molecule has 0 aromatic heterocycles. The summed E-state index contributed by atoms with van der Waals surface area (Å²) in [6.45, 7) is 5.11. The van der Waals surface area contributed by atoms with Crippen molar-refractivity contribution in [1.82, 2.24) is 4.90 Å². The first-order chi connectivity index (χ1) is 11.8. The predicted molar refractivity (Wildman–Crippen MR) is 97.8 cm³/mol. The van der Waals surface area contributed by atoms with E-state index in [1.54, 1.807) is 12.1 Å². The zero-order chi connectivity index (χ0) is 16.4. The molecule has 1 aliphatic rings. The van der Waals surface area contributed by atoms with Crippen LogP contribution in [0.5, 0.6) is 0 Å². The molecule has 0 unspecified atom stereocenters. The molecule has 1 heterocycles. The van der Waals surface area contributed by atoms with Crippen molar-refractivity contribution in [2.45, 2.75) is 6.54 Å². The van der Waals surface area contributed by atoms with Gasteiger partial charge in [0.25, 0.3) is 0 Å². The van der Waals surface area contributed by atoms with Gasteiger partial charge in [-0.05, 0) is 35.2 Å². The van der Waals surface area contributed by atoms with Crippen LogP contribution in [0.1, 0.15) is 5.56 Å². The molecule has 0 N–H and O–H groups in total. The van der Waals surface area contributed by atoms with Gasteiger partial charge in [-0.2, -0.15) is 0 Å². The fourth-order valence-electron chi connectivity index (χ4n) is 3.50. The van der Waals surface area contributed by atoms with Gasteiger partial charge >= 0.3 is 0 Å². The number of hydrogen-bond donors (Lipinski definition) is 0. The molecule has 0 amide bonds. The van der Waals surface area contributed by atoms with Crippen LogP contribution in [0, 0.1) is 5.82 Å². The van der Waals surface area contributed by atoms with Crippen LogP contribution in [0.15, 0.2) is 66.7 Å². The van der Waals surface area contributed by atoms with Gasteiger partial charge in [0.05, 0.1) is 0 Å². The Morgan fingerprint density at radius 1 is 0.792 bits per heavy atom. The Kier molecular flexibility index (Phi) is 4.18. The van der Waals surface area contributed by atoms with Gasteiger partial charge in [0.2, 0.25) is 0 Å². The van der Waals surface area contributed by atoms with Crippen LogP contribution in [0.25, 0.3) is 10.8 Å². The molecule has 0 saturated carbocycles. The molecule has 3 aromatic carbocycles. The summed E-state index contributed by atoms with van der Waals surface area (Å²) in [5, 5.41) is 2.11.